The first-order valence-corrected chi connectivity index (χ1v) is 16.1. The molecule has 10 nitrogen and oxygen atoms in total. The van der Waals surface area contributed by atoms with E-state index >= 15 is 0 Å². The molecule has 2 fully saturated rings. The summed E-state index contributed by atoms with van der Waals surface area (Å²) in [5, 5.41) is 25.5. The van der Waals surface area contributed by atoms with Crippen LogP contribution in [0, 0.1) is 25.7 Å². The van der Waals surface area contributed by atoms with Crippen molar-refractivity contribution in [1.82, 2.24) is 20.6 Å². The van der Waals surface area contributed by atoms with Crippen molar-refractivity contribution in [2.24, 2.45) is 11.8 Å². The van der Waals surface area contributed by atoms with Gasteiger partial charge in [-0.25, -0.2) is 0 Å². The van der Waals surface area contributed by atoms with E-state index in [0.717, 1.165) is 62.1 Å². The predicted molar refractivity (Wildman–Crippen MR) is 169 cm³/mol. The molecular weight excluding hydrogens is 580 g/mol. The molecule has 0 bridgehead atoms. The molecule has 3 aliphatic heterocycles. The van der Waals surface area contributed by atoms with E-state index in [1.54, 1.807) is 6.08 Å². The second kappa shape index (κ2) is 12.6. The van der Waals surface area contributed by atoms with Gasteiger partial charge in [-0.05, 0) is 67.5 Å². The third kappa shape index (κ3) is 6.29. The Hall–Kier alpha value is -3.99. The van der Waals surface area contributed by atoms with E-state index in [1.807, 2.05) is 45.5 Å². The SMILES string of the molecule is C=CC1=C(C)[C@@H](Cc2[nH]c(Cc3[nH]c(/C=C4\NC(=O)[C@H](C)[C@H]4[C@@H]4CS4)c(C)c3CCC(=O)O)c(CCC(=O)O)c2C)NC1=O. The van der Waals surface area contributed by atoms with Crippen molar-refractivity contribution >= 4 is 41.6 Å². The lowest BCUT2D eigenvalue weighted by atomic mass is 9.91. The van der Waals surface area contributed by atoms with Crippen LogP contribution in [0.25, 0.3) is 6.08 Å². The summed E-state index contributed by atoms with van der Waals surface area (Å²) in [6.45, 7) is 11.6. The molecule has 0 unspecified atom stereocenters. The summed E-state index contributed by atoms with van der Waals surface area (Å²) in [4.78, 5) is 55.2. The van der Waals surface area contributed by atoms with Gasteiger partial charge in [0.25, 0.3) is 5.91 Å². The fourth-order valence-electron chi connectivity index (χ4n) is 6.67. The summed E-state index contributed by atoms with van der Waals surface area (Å²) in [6.07, 6.45) is 5.11. The maximum Gasteiger partial charge on any atom is 0.303 e. The van der Waals surface area contributed by atoms with Gasteiger partial charge in [-0.1, -0.05) is 19.6 Å². The van der Waals surface area contributed by atoms with E-state index in [-0.39, 0.29) is 42.5 Å². The van der Waals surface area contributed by atoms with Gasteiger partial charge in [0.1, 0.15) is 0 Å². The van der Waals surface area contributed by atoms with Gasteiger partial charge in [-0.3, -0.25) is 19.2 Å². The summed E-state index contributed by atoms with van der Waals surface area (Å²) in [5.74, 6) is -0.871. The Morgan fingerprint density at radius 1 is 0.977 bits per heavy atom. The molecule has 0 aromatic carbocycles. The van der Waals surface area contributed by atoms with Gasteiger partial charge >= 0.3 is 11.9 Å². The maximum atomic E-state index is 12.6. The van der Waals surface area contributed by atoms with Gasteiger partial charge in [0.15, 0.2) is 0 Å². The van der Waals surface area contributed by atoms with Crippen molar-refractivity contribution in [2.45, 2.75) is 77.5 Å². The lowest BCUT2D eigenvalue weighted by Gasteiger charge is -2.12. The van der Waals surface area contributed by atoms with Crippen LogP contribution in [0.4, 0.5) is 0 Å². The average Bonchev–Trinajstić information content (AvgIpc) is 3.53. The Labute approximate surface area is 260 Å². The minimum absolute atomic E-state index is 0.0190. The molecule has 0 spiro atoms. The quantitative estimate of drug-likeness (QED) is 0.185. The highest BCUT2D eigenvalue weighted by Crippen LogP contribution is 2.46. The van der Waals surface area contributed by atoms with Gasteiger partial charge in [-0.2, -0.15) is 11.8 Å². The molecule has 6 N–H and O–H groups in total. The number of rotatable bonds is 13. The molecule has 234 valence electrons. The van der Waals surface area contributed by atoms with Crippen molar-refractivity contribution in [3.8, 4) is 0 Å². The molecule has 0 aliphatic carbocycles. The Morgan fingerprint density at radius 3 is 2.16 bits per heavy atom. The van der Waals surface area contributed by atoms with Gasteiger partial charge < -0.3 is 30.8 Å². The number of carboxylic acids is 2. The minimum atomic E-state index is -0.890. The lowest BCUT2D eigenvalue weighted by molar-refractivity contribution is -0.138. The number of H-pyrrole nitrogens is 2. The number of nitrogens with one attached hydrogen (secondary N) is 4. The van der Waals surface area contributed by atoms with Crippen LogP contribution in [0.1, 0.15) is 71.7 Å². The molecule has 4 atom stereocenters. The highest BCUT2D eigenvalue weighted by atomic mass is 32.2. The lowest BCUT2D eigenvalue weighted by Crippen LogP contribution is -2.30. The zero-order chi connectivity index (χ0) is 31.9. The standard InChI is InChI=1S/C33H40N4O6S/c1-6-19-15(2)24(36-33(19)43)11-22-16(3)20(7-9-29(38)39)25(34-22)13-26-21(8-10-30(40)41)17(4)23(35-26)12-27-31(28-14-44-28)18(5)32(42)37-27/h6,12,18,24,28,31,34-35H,1,7-11,13-14H2,2-5H3,(H,36,43)(H,37,42)(H,38,39)(H,40,41)/b27-12-/t18-,24-,28+,31-/m1/s1. The fraction of sp³-hybridized carbons (Fsp3) is 0.455. The molecule has 11 heteroatoms. The number of aromatic nitrogens is 2. The van der Waals surface area contributed by atoms with E-state index in [0.29, 0.717) is 36.5 Å². The number of aromatic amines is 2. The van der Waals surface area contributed by atoms with Crippen molar-refractivity contribution < 1.29 is 29.4 Å². The van der Waals surface area contributed by atoms with Crippen LogP contribution < -0.4 is 10.6 Å². The smallest absolute Gasteiger partial charge is 0.303 e. The molecule has 2 saturated heterocycles. The molecule has 44 heavy (non-hydrogen) atoms. The fourth-order valence-corrected chi connectivity index (χ4v) is 7.57. The van der Waals surface area contributed by atoms with Crippen LogP contribution in [0.5, 0.6) is 0 Å². The topological polar surface area (TPSA) is 164 Å². The molecule has 5 heterocycles. The summed E-state index contributed by atoms with van der Waals surface area (Å²) >= 11 is 1.85. The van der Waals surface area contributed by atoms with Crippen molar-refractivity contribution in [3.05, 3.63) is 74.5 Å². The Bertz CT molecular complexity index is 1610. The highest BCUT2D eigenvalue weighted by molar-refractivity contribution is 8.06. The number of carboxylic acid groups (broad SMARTS) is 2. The Morgan fingerprint density at radius 2 is 1.59 bits per heavy atom. The summed E-state index contributed by atoms with van der Waals surface area (Å²) in [6, 6.07) is -0.202. The van der Waals surface area contributed by atoms with E-state index in [4.69, 9.17) is 0 Å². The zero-order valence-electron chi connectivity index (χ0n) is 25.6. The summed E-state index contributed by atoms with van der Waals surface area (Å²) < 4.78 is 0. The normalized spacial score (nSPS) is 23.8. The number of amides is 2. The van der Waals surface area contributed by atoms with E-state index < -0.39 is 11.9 Å². The average molecular weight is 621 g/mol. The summed E-state index contributed by atoms with van der Waals surface area (Å²) in [5.41, 5.74) is 9.56. The number of allylic oxidation sites excluding steroid dienone is 1. The number of thioether (sulfide) groups is 1. The van der Waals surface area contributed by atoms with Crippen molar-refractivity contribution in [2.75, 3.05) is 5.75 Å². The van der Waals surface area contributed by atoms with Gasteiger partial charge in [0.05, 0.1) is 6.04 Å². The van der Waals surface area contributed by atoms with Crippen LogP contribution in [0.15, 0.2) is 29.5 Å². The zero-order valence-corrected chi connectivity index (χ0v) is 26.4. The number of aliphatic carboxylic acids is 2. The second-order valence-corrected chi connectivity index (χ2v) is 13.3. The predicted octanol–water partition coefficient (Wildman–Crippen LogP) is 3.97. The first-order chi connectivity index (χ1) is 20.9. The minimum Gasteiger partial charge on any atom is -0.481 e. The van der Waals surface area contributed by atoms with Crippen LogP contribution >= 0.6 is 11.8 Å². The van der Waals surface area contributed by atoms with Gasteiger partial charge in [0, 0.05) is 82.6 Å². The number of carbonyl (C=O) groups is 4. The number of hydrogen-bond donors (Lipinski definition) is 6. The molecule has 3 aliphatic rings. The molecule has 0 radical (unpaired) electrons. The van der Waals surface area contributed by atoms with Crippen LogP contribution in [0.3, 0.4) is 0 Å². The Balaban J connectivity index is 1.51. The van der Waals surface area contributed by atoms with Crippen LogP contribution in [-0.2, 0) is 44.9 Å². The first kappa shape index (κ1) is 31.4. The Kier molecular flexibility index (Phi) is 8.97. The van der Waals surface area contributed by atoms with E-state index in [9.17, 15) is 29.4 Å². The van der Waals surface area contributed by atoms with E-state index in [2.05, 4.69) is 27.2 Å². The molecule has 2 amide bonds. The third-order valence-corrected chi connectivity index (χ3v) is 10.4. The van der Waals surface area contributed by atoms with Gasteiger partial charge in [-0.15, -0.1) is 0 Å². The van der Waals surface area contributed by atoms with Crippen molar-refractivity contribution in [1.29, 1.82) is 0 Å². The van der Waals surface area contributed by atoms with Crippen molar-refractivity contribution in [3.63, 3.8) is 0 Å². The number of hydrogen-bond acceptors (Lipinski definition) is 5. The second-order valence-electron chi connectivity index (χ2n) is 12.1. The molecule has 2 aromatic heterocycles. The first-order valence-electron chi connectivity index (χ1n) is 15.0. The highest BCUT2D eigenvalue weighted by Gasteiger charge is 2.45. The van der Waals surface area contributed by atoms with Gasteiger partial charge in [0.2, 0.25) is 5.91 Å². The molecular formula is C33H40N4O6S. The molecule has 5 rings (SSSR count). The maximum absolute atomic E-state index is 12.6. The summed E-state index contributed by atoms with van der Waals surface area (Å²) in [7, 11) is 0. The number of carbonyl (C=O) groups excluding carboxylic acids is 2. The van der Waals surface area contributed by atoms with Crippen LogP contribution in [-0.4, -0.2) is 61.0 Å². The monoisotopic (exact) mass is 620 g/mol. The molecule has 0 saturated carbocycles. The van der Waals surface area contributed by atoms with E-state index in [1.165, 1.54) is 0 Å². The molecule has 2 aromatic rings. The third-order valence-electron chi connectivity index (χ3n) is 9.36. The largest absolute Gasteiger partial charge is 0.481 e. The van der Waals surface area contributed by atoms with Crippen LogP contribution in [0.2, 0.25) is 0 Å².